The molecule has 1 heterocycles. The Kier molecular flexibility index (Phi) is 5.62. The lowest BCUT2D eigenvalue weighted by atomic mass is 9.72. The lowest BCUT2D eigenvalue weighted by Crippen LogP contribution is -2.48. The van der Waals surface area contributed by atoms with Gasteiger partial charge in [0, 0.05) is 12.6 Å². The van der Waals surface area contributed by atoms with Gasteiger partial charge in [-0.1, -0.05) is 42.5 Å². The Bertz CT molecular complexity index is 1350. The molecule has 0 saturated carbocycles. The molecule has 1 atom stereocenters. The van der Waals surface area contributed by atoms with E-state index in [0.29, 0.717) is 17.9 Å². The zero-order valence-corrected chi connectivity index (χ0v) is 18.6. The van der Waals surface area contributed by atoms with Crippen molar-refractivity contribution in [2.75, 3.05) is 0 Å². The summed E-state index contributed by atoms with van der Waals surface area (Å²) in [7, 11) is 0. The van der Waals surface area contributed by atoms with Gasteiger partial charge in [-0.05, 0) is 83.6 Å². The number of nitrogens with one attached hydrogen (secondary N) is 1. The molecule has 3 nitrogen and oxygen atoms in total. The zero-order valence-electron chi connectivity index (χ0n) is 18.6. The molecule has 0 radical (unpaired) electrons. The smallest absolute Gasteiger partial charge is 0.230 e. The monoisotopic (exact) mass is 455 g/mol. The van der Waals surface area contributed by atoms with E-state index in [2.05, 4.69) is 5.32 Å². The van der Waals surface area contributed by atoms with Gasteiger partial charge in [0.05, 0.1) is 5.41 Å². The molecule has 5 rings (SSSR count). The molecule has 0 aromatic heterocycles. The summed E-state index contributed by atoms with van der Waals surface area (Å²) in [6, 6.07) is 26.7. The molecule has 0 fully saturated rings. The maximum Gasteiger partial charge on any atom is 0.230 e. The molecule has 34 heavy (non-hydrogen) atoms. The van der Waals surface area contributed by atoms with Gasteiger partial charge in [0.25, 0.3) is 0 Å². The average Bonchev–Trinajstić information content (AvgIpc) is 2.82. The van der Waals surface area contributed by atoms with Gasteiger partial charge < -0.3 is 10.1 Å². The predicted molar refractivity (Wildman–Crippen MR) is 128 cm³/mol. The highest BCUT2D eigenvalue weighted by Crippen LogP contribution is 2.38. The Hall–Kier alpha value is -3.99. The Balaban J connectivity index is 1.51. The number of amides is 1. The first-order chi connectivity index (χ1) is 16.4. The predicted octanol–water partition coefficient (Wildman–Crippen LogP) is 6.55. The van der Waals surface area contributed by atoms with Crippen molar-refractivity contribution >= 4 is 5.91 Å². The van der Waals surface area contributed by atoms with Gasteiger partial charge in [0.15, 0.2) is 0 Å². The number of para-hydroxylation sites is 1. The van der Waals surface area contributed by atoms with Crippen molar-refractivity contribution in [2.45, 2.75) is 25.3 Å². The van der Waals surface area contributed by atoms with Gasteiger partial charge in [-0.2, -0.15) is 0 Å². The first kappa shape index (κ1) is 21.8. The minimum absolute atomic E-state index is 0.164. The van der Waals surface area contributed by atoms with Gasteiger partial charge >= 0.3 is 0 Å². The summed E-state index contributed by atoms with van der Waals surface area (Å²) < 4.78 is 33.6. The molecule has 0 aliphatic carbocycles. The number of halogens is 2. The highest BCUT2D eigenvalue weighted by Gasteiger charge is 2.40. The number of carbonyl (C=O) groups is 1. The van der Waals surface area contributed by atoms with E-state index in [9.17, 15) is 13.6 Å². The Labute approximate surface area is 197 Å². The molecule has 1 aliphatic heterocycles. The van der Waals surface area contributed by atoms with E-state index >= 15 is 0 Å². The Morgan fingerprint density at radius 3 is 2.29 bits per heavy atom. The number of benzene rings is 4. The van der Waals surface area contributed by atoms with E-state index in [1.807, 2.05) is 79.7 Å². The number of hydrogen-bond donors (Lipinski definition) is 1. The third-order valence-corrected chi connectivity index (χ3v) is 6.27. The van der Waals surface area contributed by atoms with Crippen LogP contribution in [-0.2, 0) is 23.2 Å². The van der Waals surface area contributed by atoms with E-state index in [4.69, 9.17) is 4.74 Å². The lowest BCUT2D eigenvalue weighted by molar-refractivity contribution is -0.127. The van der Waals surface area contributed by atoms with Crippen LogP contribution < -0.4 is 10.1 Å². The molecule has 1 N–H and O–H groups in total. The fourth-order valence-corrected chi connectivity index (χ4v) is 4.58. The van der Waals surface area contributed by atoms with E-state index < -0.39 is 17.0 Å². The summed E-state index contributed by atoms with van der Waals surface area (Å²) in [5.74, 6) is -0.0187. The summed E-state index contributed by atoms with van der Waals surface area (Å²) >= 11 is 0. The maximum absolute atomic E-state index is 13.8. The van der Waals surface area contributed by atoms with E-state index in [1.165, 1.54) is 12.1 Å². The van der Waals surface area contributed by atoms with Crippen molar-refractivity contribution in [3.05, 3.63) is 119 Å². The Morgan fingerprint density at radius 2 is 1.53 bits per heavy atom. The number of fused-ring (bicyclic) bond motifs is 1. The van der Waals surface area contributed by atoms with Crippen molar-refractivity contribution in [1.82, 2.24) is 5.32 Å². The lowest BCUT2D eigenvalue weighted by Gasteiger charge is -2.35. The molecule has 4 aromatic rings. The van der Waals surface area contributed by atoms with Crippen LogP contribution in [0.4, 0.5) is 8.78 Å². The Morgan fingerprint density at radius 1 is 0.824 bits per heavy atom. The third-order valence-electron chi connectivity index (χ3n) is 6.27. The molecule has 1 amide bonds. The zero-order chi connectivity index (χ0) is 23.7. The second kappa shape index (κ2) is 8.75. The molecular weight excluding hydrogens is 432 g/mol. The second-order valence-electron chi connectivity index (χ2n) is 8.78. The van der Waals surface area contributed by atoms with Gasteiger partial charge in [-0.3, -0.25) is 4.79 Å². The van der Waals surface area contributed by atoms with E-state index in [0.717, 1.165) is 34.1 Å². The standard InChI is InChI=1S/C29H23F2NO2/c1-29(17-19-12-23(30)16-24(31)13-19)27-15-21(10-11-22(27)18-32-28(29)33)20-6-5-9-26(14-20)34-25-7-3-2-4-8-25/h2-16H,17-18H2,1H3,(H,32,33). The molecule has 5 heteroatoms. The molecule has 170 valence electrons. The second-order valence-corrected chi connectivity index (χ2v) is 8.78. The normalized spacial score (nSPS) is 17.1. The van der Waals surface area contributed by atoms with Crippen LogP contribution >= 0.6 is 0 Å². The quantitative estimate of drug-likeness (QED) is 0.370. The average molecular weight is 456 g/mol. The summed E-state index contributed by atoms with van der Waals surface area (Å²) in [5, 5.41) is 2.93. The van der Waals surface area contributed by atoms with Crippen LogP contribution in [0.3, 0.4) is 0 Å². The van der Waals surface area contributed by atoms with Crippen LogP contribution in [-0.4, -0.2) is 5.91 Å². The van der Waals surface area contributed by atoms with Crippen LogP contribution in [0.5, 0.6) is 11.5 Å². The minimum atomic E-state index is -0.970. The molecular formula is C29H23F2NO2. The molecule has 1 unspecified atom stereocenters. The molecule has 0 saturated heterocycles. The fourth-order valence-electron chi connectivity index (χ4n) is 4.58. The minimum Gasteiger partial charge on any atom is -0.457 e. The molecule has 1 aliphatic rings. The first-order valence-electron chi connectivity index (χ1n) is 11.1. The number of rotatable bonds is 5. The summed E-state index contributed by atoms with van der Waals surface area (Å²) in [5.41, 5.74) is 3.19. The van der Waals surface area contributed by atoms with Crippen molar-refractivity contribution in [3.8, 4) is 22.6 Å². The highest BCUT2D eigenvalue weighted by molar-refractivity contribution is 5.91. The largest absolute Gasteiger partial charge is 0.457 e. The van der Waals surface area contributed by atoms with E-state index in [-0.39, 0.29) is 12.3 Å². The highest BCUT2D eigenvalue weighted by atomic mass is 19.1. The summed E-state index contributed by atoms with van der Waals surface area (Å²) in [6.45, 7) is 2.24. The topological polar surface area (TPSA) is 38.3 Å². The number of carbonyl (C=O) groups excluding carboxylic acids is 1. The van der Waals surface area contributed by atoms with Crippen LogP contribution in [0.2, 0.25) is 0 Å². The van der Waals surface area contributed by atoms with Gasteiger partial charge in [-0.25, -0.2) is 8.78 Å². The van der Waals surface area contributed by atoms with Gasteiger partial charge in [0.1, 0.15) is 23.1 Å². The van der Waals surface area contributed by atoms with E-state index in [1.54, 1.807) is 0 Å². The molecule has 4 aromatic carbocycles. The van der Waals surface area contributed by atoms with Crippen LogP contribution in [0.1, 0.15) is 23.6 Å². The maximum atomic E-state index is 13.8. The summed E-state index contributed by atoms with van der Waals surface area (Å²) in [6.07, 6.45) is 0.182. The van der Waals surface area contributed by atoms with Gasteiger partial charge in [0.2, 0.25) is 5.91 Å². The van der Waals surface area contributed by atoms with Gasteiger partial charge in [-0.15, -0.1) is 0 Å². The SMILES string of the molecule is CC1(Cc2cc(F)cc(F)c2)C(=O)NCc2ccc(-c3cccc(Oc4ccccc4)c3)cc21. The van der Waals surface area contributed by atoms with Crippen LogP contribution in [0.25, 0.3) is 11.1 Å². The van der Waals surface area contributed by atoms with Crippen LogP contribution in [0.15, 0.2) is 91.0 Å². The first-order valence-corrected chi connectivity index (χ1v) is 11.1. The number of hydrogen-bond acceptors (Lipinski definition) is 2. The molecule has 0 bridgehead atoms. The number of ether oxygens (including phenoxy) is 1. The van der Waals surface area contributed by atoms with Crippen molar-refractivity contribution < 1.29 is 18.3 Å². The third kappa shape index (κ3) is 4.29. The van der Waals surface area contributed by atoms with Crippen molar-refractivity contribution in [2.24, 2.45) is 0 Å². The van der Waals surface area contributed by atoms with Crippen molar-refractivity contribution in [1.29, 1.82) is 0 Å². The molecule has 0 spiro atoms. The summed E-state index contributed by atoms with van der Waals surface area (Å²) in [4.78, 5) is 13.0. The fraction of sp³-hybridized carbons (Fsp3) is 0.138. The van der Waals surface area contributed by atoms with Crippen LogP contribution in [0, 0.1) is 11.6 Å². The van der Waals surface area contributed by atoms with Crippen molar-refractivity contribution in [3.63, 3.8) is 0 Å².